The quantitative estimate of drug-likeness (QED) is 0.443. The molecule has 0 N–H and O–H groups in total. The molecule has 36 heavy (non-hydrogen) atoms. The summed E-state index contributed by atoms with van der Waals surface area (Å²) in [5.74, 6) is 0.403. The van der Waals surface area contributed by atoms with Crippen LogP contribution in [-0.2, 0) is 25.9 Å². The SMILES string of the molecule is CCC1CCc2cc(C(C)C)ccc2N1S(=O)(=O)c1ccc(OCC2CCOCC2)c(C(=O)OC)c1. The van der Waals surface area contributed by atoms with Crippen molar-refractivity contribution in [3.8, 4) is 5.75 Å². The van der Waals surface area contributed by atoms with Crippen LogP contribution in [0.1, 0.15) is 73.9 Å². The lowest BCUT2D eigenvalue weighted by Gasteiger charge is -2.38. The van der Waals surface area contributed by atoms with Crippen molar-refractivity contribution in [3.05, 3.63) is 53.1 Å². The summed E-state index contributed by atoms with van der Waals surface area (Å²) in [6, 6.07) is 10.4. The summed E-state index contributed by atoms with van der Waals surface area (Å²) < 4.78 is 46.0. The predicted molar refractivity (Wildman–Crippen MR) is 139 cm³/mol. The van der Waals surface area contributed by atoms with Gasteiger partial charge >= 0.3 is 5.97 Å². The average molecular weight is 516 g/mol. The average Bonchev–Trinajstić information content (AvgIpc) is 2.90. The van der Waals surface area contributed by atoms with Crippen molar-refractivity contribution < 1.29 is 27.4 Å². The molecule has 1 unspecified atom stereocenters. The zero-order chi connectivity index (χ0) is 25.9. The molecule has 8 heteroatoms. The third-order valence-electron chi connectivity index (χ3n) is 7.29. The summed E-state index contributed by atoms with van der Waals surface area (Å²) in [7, 11) is -2.65. The van der Waals surface area contributed by atoms with Crippen LogP contribution >= 0.6 is 0 Å². The summed E-state index contributed by atoms with van der Waals surface area (Å²) in [6.45, 7) is 8.11. The first-order chi connectivity index (χ1) is 17.3. The number of anilines is 1. The van der Waals surface area contributed by atoms with Gasteiger partial charge in [0.25, 0.3) is 10.0 Å². The molecule has 0 radical (unpaired) electrons. The minimum atomic E-state index is -3.93. The van der Waals surface area contributed by atoms with E-state index in [0.717, 1.165) is 36.9 Å². The van der Waals surface area contributed by atoms with Gasteiger partial charge < -0.3 is 14.2 Å². The summed E-state index contributed by atoms with van der Waals surface area (Å²) in [5, 5.41) is 0. The zero-order valence-electron chi connectivity index (χ0n) is 21.7. The van der Waals surface area contributed by atoms with Gasteiger partial charge in [-0.15, -0.1) is 0 Å². The molecule has 1 saturated heterocycles. The highest BCUT2D eigenvalue weighted by Gasteiger charge is 2.36. The van der Waals surface area contributed by atoms with E-state index in [1.54, 1.807) is 10.4 Å². The Balaban J connectivity index is 1.69. The lowest BCUT2D eigenvalue weighted by molar-refractivity contribution is 0.0483. The van der Waals surface area contributed by atoms with E-state index >= 15 is 0 Å². The Kier molecular flexibility index (Phi) is 8.25. The van der Waals surface area contributed by atoms with Crippen LogP contribution in [0.25, 0.3) is 0 Å². The van der Waals surface area contributed by atoms with Crippen molar-refractivity contribution in [3.63, 3.8) is 0 Å². The van der Waals surface area contributed by atoms with E-state index in [0.29, 0.717) is 43.8 Å². The molecule has 7 nitrogen and oxygen atoms in total. The Morgan fingerprint density at radius 3 is 2.53 bits per heavy atom. The standard InChI is InChI=1S/C28H37NO6S/c1-5-23-8-6-22-16-21(19(2)3)7-10-26(22)29(23)36(31,32)24-9-11-27(25(17-24)28(30)33-4)35-18-20-12-14-34-15-13-20/h7,9-11,16-17,19-20,23H,5-6,8,12-15,18H2,1-4H3. The molecule has 2 aromatic carbocycles. The van der Waals surface area contributed by atoms with E-state index < -0.39 is 16.0 Å². The van der Waals surface area contributed by atoms with Gasteiger partial charge in [-0.2, -0.15) is 0 Å². The first-order valence-corrected chi connectivity index (χ1v) is 14.3. The van der Waals surface area contributed by atoms with Crippen molar-refractivity contribution in [2.75, 3.05) is 31.2 Å². The highest BCUT2D eigenvalue weighted by molar-refractivity contribution is 7.92. The van der Waals surface area contributed by atoms with Gasteiger partial charge in [0.05, 0.1) is 24.3 Å². The number of aryl methyl sites for hydroxylation is 1. The van der Waals surface area contributed by atoms with E-state index in [4.69, 9.17) is 14.2 Å². The highest BCUT2D eigenvalue weighted by atomic mass is 32.2. The monoisotopic (exact) mass is 515 g/mol. The van der Waals surface area contributed by atoms with Gasteiger partial charge in [-0.3, -0.25) is 4.31 Å². The van der Waals surface area contributed by atoms with Gasteiger partial charge in [0, 0.05) is 19.3 Å². The number of fused-ring (bicyclic) bond motifs is 1. The van der Waals surface area contributed by atoms with Crippen LogP contribution < -0.4 is 9.04 Å². The maximum absolute atomic E-state index is 14.0. The molecular weight excluding hydrogens is 478 g/mol. The van der Waals surface area contributed by atoms with E-state index in [1.807, 2.05) is 19.1 Å². The Bertz CT molecular complexity index is 1190. The molecule has 196 valence electrons. The molecule has 0 aliphatic carbocycles. The summed E-state index contributed by atoms with van der Waals surface area (Å²) in [5.41, 5.74) is 3.07. The summed E-state index contributed by atoms with van der Waals surface area (Å²) >= 11 is 0. The first kappa shape index (κ1) is 26.5. The number of carbonyl (C=O) groups excluding carboxylic acids is 1. The van der Waals surface area contributed by atoms with Gasteiger partial charge in [0.15, 0.2) is 0 Å². The van der Waals surface area contributed by atoms with Gasteiger partial charge in [0.1, 0.15) is 11.3 Å². The lowest BCUT2D eigenvalue weighted by atomic mass is 9.92. The molecule has 2 aliphatic heterocycles. The Morgan fingerprint density at radius 2 is 1.86 bits per heavy atom. The van der Waals surface area contributed by atoms with Gasteiger partial charge in [-0.25, -0.2) is 13.2 Å². The molecule has 1 fully saturated rings. The number of ether oxygens (including phenoxy) is 3. The van der Waals surface area contributed by atoms with Crippen molar-refractivity contribution in [2.24, 2.45) is 5.92 Å². The van der Waals surface area contributed by atoms with Crippen LogP contribution in [-0.4, -0.2) is 47.4 Å². The Labute approximate surface area is 214 Å². The number of esters is 1. The van der Waals surface area contributed by atoms with Crippen molar-refractivity contribution in [1.82, 2.24) is 0 Å². The Morgan fingerprint density at radius 1 is 1.11 bits per heavy atom. The molecular formula is C28H37NO6S. The minimum absolute atomic E-state index is 0.0561. The van der Waals surface area contributed by atoms with E-state index in [2.05, 4.69) is 19.9 Å². The van der Waals surface area contributed by atoms with Crippen LogP contribution in [0.4, 0.5) is 5.69 Å². The smallest absolute Gasteiger partial charge is 0.341 e. The second-order valence-electron chi connectivity index (χ2n) is 9.96. The fourth-order valence-corrected chi connectivity index (χ4v) is 6.83. The molecule has 0 saturated carbocycles. The fourth-order valence-electron chi connectivity index (χ4n) is 5.01. The molecule has 2 heterocycles. The van der Waals surface area contributed by atoms with Crippen LogP contribution in [0.15, 0.2) is 41.3 Å². The number of sulfonamides is 1. The molecule has 0 bridgehead atoms. The lowest BCUT2D eigenvalue weighted by Crippen LogP contribution is -2.43. The zero-order valence-corrected chi connectivity index (χ0v) is 22.5. The van der Waals surface area contributed by atoms with E-state index in [1.165, 1.54) is 24.8 Å². The highest BCUT2D eigenvalue weighted by Crippen LogP contribution is 2.38. The van der Waals surface area contributed by atoms with Crippen LogP contribution in [0.2, 0.25) is 0 Å². The maximum Gasteiger partial charge on any atom is 0.341 e. The predicted octanol–water partition coefficient (Wildman–Crippen LogP) is 5.32. The number of benzene rings is 2. The number of carbonyl (C=O) groups is 1. The molecule has 4 rings (SSSR count). The fraction of sp³-hybridized carbons (Fsp3) is 0.536. The number of rotatable bonds is 8. The Hall–Kier alpha value is -2.58. The second-order valence-corrected chi connectivity index (χ2v) is 11.8. The maximum atomic E-state index is 14.0. The van der Waals surface area contributed by atoms with Gasteiger partial charge in [0.2, 0.25) is 0 Å². The van der Waals surface area contributed by atoms with Crippen molar-refractivity contribution >= 4 is 21.7 Å². The number of methoxy groups -OCH3 is 1. The first-order valence-electron chi connectivity index (χ1n) is 12.9. The second kappa shape index (κ2) is 11.2. The normalized spacial score (nSPS) is 18.7. The molecule has 0 amide bonds. The molecule has 0 spiro atoms. The largest absolute Gasteiger partial charge is 0.492 e. The summed E-state index contributed by atoms with van der Waals surface area (Å²) in [4.78, 5) is 12.7. The van der Waals surface area contributed by atoms with E-state index in [-0.39, 0.29) is 16.5 Å². The minimum Gasteiger partial charge on any atom is -0.492 e. The van der Waals surface area contributed by atoms with Gasteiger partial charge in [-0.1, -0.05) is 32.9 Å². The number of hydrogen-bond donors (Lipinski definition) is 0. The topological polar surface area (TPSA) is 82.1 Å². The van der Waals surface area contributed by atoms with E-state index in [9.17, 15) is 13.2 Å². The van der Waals surface area contributed by atoms with Crippen LogP contribution in [0.5, 0.6) is 5.75 Å². The molecule has 2 aliphatic rings. The van der Waals surface area contributed by atoms with Gasteiger partial charge in [-0.05, 0) is 79.3 Å². The van der Waals surface area contributed by atoms with Crippen LogP contribution in [0.3, 0.4) is 0 Å². The summed E-state index contributed by atoms with van der Waals surface area (Å²) in [6.07, 6.45) is 4.07. The third kappa shape index (κ3) is 5.39. The van der Waals surface area contributed by atoms with Crippen molar-refractivity contribution in [1.29, 1.82) is 0 Å². The third-order valence-corrected chi connectivity index (χ3v) is 9.15. The van der Waals surface area contributed by atoms with Crippen molar-refractivity contribution in [2.45, 2.75) is 69.7 Å². The molecule has 2 aromatic rings. The molecule has 0 aromatic heterocycles. The van der Waals surface area contributed by atoms with Crippen LogP contribution in [0, 0.1) is 5.92 Å². The molecule has 1 atom stereocenters. The number of nitrogens with zero attached hydrogens (tertiary/aromatic N) is 1. The number of hydrogen-bond acceptors (Lipinski definition) is 6.